The molecule has 0 N–H and O–H groups in total. The van der Waals surface area contributed by atoms with Gasteiger partial charge >= 0.3 is 0 Å². The number of pyridine rings is 1. The van der Waals surface area contributed by atoms with Gasteiger partial charge in [-0.3, -0.25) is 19.1 Å². The van der Waals surface area contributed by atoms with Crippen molar-refractivity contribution in [3.8, 4) is 6.07 Å². The lowest BCUT2D eigenvalue weighted by Crippen LogP contribution is -2.41. The SMILES string of the molecule is CCCn1c(N2CCOCC2)c(/C=C2/SC(=S)N(C(C)c3ccccc3)C2=O)c(C)c(C#N)c1=O. The molecule has 0 bridgehead atoms. The van der Waals surface area contributed by atoms with Crippen molar-refractivity contribution in [3.63, 3.8) is 0 Å². The van der Waals surface area contributed by atoms with Crippen LogP contribution in [0.1, 0.15) is 48.6 Å². The molecule has 0 saturated carbocycles. The summed E-state index contributed by atoms with van der Waals surface area (Å²) in [6.07, 6.45) is 2.55. The van der Waals surface area contributed by atoms with Gasteiger partial charge in [0, 0.05) is 25.2 Å². The minimum atomic E-state index is -0.296. The molecule has 0 radical (unpaired) electrons. The largest absolute Gasteiger partial charge is 0.378 e. The fourth-order valence-corrected chi connectivity index (χ4v) is 5.92. The molecule has 2 aliphatic heterocycles. The van der Waals surface area contributed by atoms with E-state index in [1.807, 2.05) is 50.3 Å². The summed E-state index contributed by atoms with van der Waals surface area (Å²) in [7, 11) is 0. The molecule has 2 aliphatic rings. The van der Waals surface area contributed by atoms with E-state index in [2.05, 4.69) is 11.0 Å². The third-order valence-electron chi connectivity index (χ3n) is 6.37. The maximum absolute atomic E-state index is 13.5. The number of hydrogen-bond acceptors (Lipinski definition) is 7. The highest BCUT2D eigenvalue weighted by molar-refractivity contribution is 8.26. The number of amides is 1. The van der Waals surface area contributed by atoms with Crippen LogP contribution in [0.15, 0.2) is 40.0 Å². The van der Waals surface area contributed by atoms with Gasteiger partial charge in [0.1, 0.15) is 21.8 Å². The van der Waals surface area contributed by atoms with E-state index >= 15 is 0 Å². The molecule has 35 heavy (non-hydrogen) atoms. The molecule has 0 spiro atoms. The third kappa shape index (κ3) is 4.79. The fraction of sp³-hybridized carbons (Fsp3) is 0.385. The van der Waals surface area contributed by atoms with Gasteiger partial charge in [-0.2, -0.15) is 5.26 Å². The van der Waals surface area contributed by atoms with E-state index < -0.39 is 0 Å². The second-order valence-corrected chi connectivity index (χ2v) is 10.2. The van der Waals surface area contributed by atoms with Crippen LogP contribution < -0.4 is 10.5 Å². The van der Waals surface area contributed by atoms with Crippen molar-refractivity contribution in [3.05, 3.63) is 67.8 Å². The maximum Gasteiger partial charge on any atom is 0.270 e. The van der Waals surface area contributed by atoms with Gasteiger partial charge in [-0.15, -0.1) is 0 Å². The smallest absolute Gasteiger partial charge is 0.270 e. The summed E-state index contributed by atoms with van der Waals surface area (Å²) in [5, 5.41) is 9.79. The molecule has 1 aromatic heterocycles. The van der Waals surface area contributed by atoms with E-state index in [0.29, 0.717) is 53.2 Å². The summed E-state index contributed by atoms with van der Waals surface area (Å²) >= 11 is 6.86. The molecular weight excluding hydrogens is 480 g/mol. The van der Waals surface area contributed by atoms with E-state index in [1.165, 1.54) is 11.8 Å². The van der Waals surface area contributed by atoms with Gasteiger partial charge in [-0.05, 0) is 37.5 Å². The molecule has 3 heterocycles. The van der Waals surface area contributed by atoms with Crippen LogP contribution in [0.3, 0.4) is 0 Å². The number of ether oxygens (including phenoxy) is 1. The number of aromatic nitrogens is 1. The van der Waals surface area contributed by atoms with E-state index in [4.69, 9.17) is 17.0 Å². The Morgan fingerprint density at radius 3 is 2.54 bits per heavy atom. The number of nitriles is 1. The Morgan fingerprint density at radius 1 is 1.23 bits per heavy atom. The Hall–Kier alpha value is -2.93. The highest BCUT2D eigenvalue weighted by atomic mass is 32.2. The zero-order valence-corrected chi connectivity index (χ0v) is 21.7. The van der Waals surface area contributed by atoms with Crippen molar-refractivity contribution in [2.45, 2.75) is 39.8 Å². The van der Waals surface area contributed by atoms with Crippen molar-refractivity contribution in [2.75, 3.05) is 31.2 Å². The van der Waals surface area contributed by atoms with Crippen LogP contribution >= 0.6 is 24.0 Å². The van der Waals surface area contributed by atoms with Crippen LogP contribution in [0.2, 0.25) is 0 Å². The number of nitrogens with zero attached hydrogens (tertiary/aromatic N) is 4. The van der Waals surface area contributed by atoms with Crippen LogP contribution in [0, 0.1) is 18.3 Å². The first-order valence-electron chi connectivity index (χ1n) is 11.7. The molecule has 1 amide bonds. The molecular formula is C26H28N4O3S2. The normalized spacial score (nSPS) is 18.3. The lowest BCUT2D eigenvalue weighted by Gasteiger charge is -2.33. The number of thioether (sulfide) groups is 1. The van der Waals surface area contributed by atoms with E-state index in [-0.39, 0.29) is 23.1 Å². The lowest BCUT2D eigenvalue weighted by atomic mass is 10.0. The summed E-state index contributed by atoms with van der Waals surface area (Å²) in [6, 6.07) is 11.7. The number of thiocarbonyl (C=S) groups is 1. The van der Waals surface area contributed by atoms with Gasteiger partial charge in [0.2, 0.25) is 0 Å². The number of hydrogen-bond donors (Lipinski definition) is 0. The first kappa shape index (κ1) is 25.2. The van der Waals surface area contributed by atoms with Crippen LogP contribution in [0.5, 0.6) is 0 Å². The summed E-state index contributed by atoms with van der Waals surface area (Å²) in [5.41, 5.74) is 2.10. The molecule has 4 rings (SSSR count). The Bertz CT molecular complexity index is 1270. The zero-order chi connectivity index (χ0) is 25.1. The first-order valence-corrected chi connectivity index (χ1v) is 12.9. The predicted molar refractivity (Wildman–Crippen MR) is 143 cm³/mol. The average Bonchev–Trinajstić information content (AvgIpc) is 3.15. The number of anilines is 1. The van der Waals surface area contributed by atoms with Crippen LogP contribution in [0.4, 0.5) is 5.82 Å². The topological polar surface area (TPSA) is 78.6 Å². The Labute approximate surface area is 215 Å². The monoisotopic (exact) mass is 508 g/mol. The van der Waals surface area contributed by atoms with Crippen molar-refractivity contribution in [2.24, 2.45) is 0 Å². The van der Waals surface area contributed by atoms with Crippen molar-refractivity contribution in [1.29, 1.82) is 5.26 Å². The zero-order valence-electron chi connectivity index (χ0n) is 20.1. The standard InChI is InChI=1S/C26H28N4O3S2/c1-4-10-29-23(28-11-13-33-14-12-28)20(17(2)21(16-27)24(29)31)15-22-25(32)30(26(34)35-22)18(3)19-8-6-5-7-9-19/h5-9,15,18H,4,10-14H2,1-3H3/b22-15+. The number of carbonyl (C=O) groups excluding carboxylic acids is 1. The van der Waals surface area contributed by atoms with Gasteiger partial charge in [-0.25, -0.2) is 0 Å². The summed E-state index contributed by atoms with van der Waals surface area (Å²) in [6.45, 7) is 8.57. The minimum Gasteiger partial charge on any atom is -0.378 e. The van der Waals surface area contributed by atoms with Crippen LogP contribution in [-0.2, 0) is 16.1 Å². The molecule has 2 fully saturated rings. The number of carbonyl (C=O) groups is 1. The van der Waals surface area contributed by atoms with Crippen LogP contribution in [0.25, 0.3) is 6.08 Å². The molecule has 1 aromatic carbocycles. The predicted octanol–water partition coefficient (Wildman–Crippen LogP) is 4.24. The van der Waals surface area contributed by atoms with Gasteiger partial charge in [0.05, 0.1) is 24.2 Å². The van der Waals surface area contributed by atoms with Crippen molar-refractivity contribution in [1.82, 2.24) is 9.47 Å². The molecule has 1 atom stereocenters. The fourth-order valence-electron chi connectivity index (χ4n) is 4.52. The third-order valence-corrected chi connectivity index (χ3v) is 7.70. The second kappa shape index (κ2) is 10.8. The van der Waals surface area contributed by atoms with Gasteiger partial charge in [0.25, 0.3) is 11.5 Å². The average molecular weight is 509 g/mol. The van der Waals surface area contributed by atoms with Gasteiger partial charge in [0.15, 0.2) is 0 Å². The molecule has 1 unspecified atom stereocenters. The summed E-state index contributed by atoms with van der Waals surface area (Å²) in [4.78, 5) is 31.0. The second-order valence-electron chi connectivity index (χ2n) is 8.54. The molecule has 9 heteroatoms. The first-order chi connectivity index (χ1) is 16.9. The number of rotatable bonds is 6. The minimum absolute atomic E-state index is 0.106. The van der Waals surface area contributed by atoms with E-state index in [0.717, 1.165) is 17.8 Å². The highest BCUT2D eigenvalue weighted by Gasteiger charge is 2.36. The van der Waals surface area contributed by atoms with E-state index in [9.17, 15) is 14.9 Å². The van der Waals surface area contributed by atoms with Crippen molar-refractivity contribution < 1.29 is 9.53 Å². The Balaban J connectivity index is 1.85. The summed E-state index contributed by atoms with van der Waals surface area (Å²) < 4.78 is 7.70. The molecule has 182 valence electrons. The molecule has 2 saturated heterocycles. The summed E-state index contributed by atoms with van der Waals surface area (Å²) in [5.74, 6) is 0.563. The Kier molecular flexibility index (Phi) is 7.75. The maximum atomic E-state index is 13.5. The van der Waals surface area contributed by atoms with Gasteiger partial charge in [-0.1, -0.05) is 61.2 Å². The van der Waals surface area contributed by atoms with Crippen LogP contribution in [-0.4, -0.2) is 46.0 Å². The quantitative estimate of drug-likeness (QED) is 0.427. The molecule has 2 aromatic rings. The highest BCUT2D eigenvalue weighted by Crippen LogP contribution is 2.39. The molecule has 7 nitrogen and oxygen atoms in total. The molecule has 0 aliphatic carbocycles. The van der Waals surface area contributed by atoms with E-state index in [1.54, 1.807) is 16.4 Å². The number of morpholine rings is 1. The lowest BCUT2D eigenvalue weighted by molar-refractivity contribution is -0.123. The van der Waals surface area contributed by atoms with Gasteiger partial charge < -0.3 is 9.64 Å². The Morgan fingerprint density at radius 2 is 1.91 bits per heavy atom. The van der Waals surface area contributed by atoms with Crippen molar-refractivity contribution >= 4 is 46.1 Å². The number of benzene rings is 1.